The topological polar surface area (TPSA) is 90.6 Å². The van der Waals surface area contributed by atoms with Crippen molar-refractivity contribution >= 4 is 38.9 Å². The molecular formula is C18H13ClFN5O3S. The molecule has 11 heteroatoms. The molecule has 8 nitrogen and oxygen atoms in total. The highest BCUT2D eigenvalue weighted by atomic mass is 35.5. The van der Waals surface area contributed by atoms with Gasteiger partial charge in [-0.05, 0) is 42.5 Å². The van der Waals surface area contributed by atoms with Crippen LogP contribution >= 0.6 is 22.9 Å². The van der Waals surface area contributed by atoms with Crippen LogP contribution in [0, 0.1) is 5.82 Å². The zero-order chi connectivity index (χ0) is 20.4. The molecule has 0 saturated carbocycles. The van der Waals surface area contributed by atoms with E-state index in [2.05, 4.69) is 20.6 Å². The molecule has 148 valence electrons. The van der Waals surface area contributed by atoms with Crippen LogP contribution in [0.15, 0.2) is 42.5 Å². The third-order valence-corrected chi connectivity index (χ3v) is 4.95. The third kappa shape index (κ3) is 4.13. The third-order valence-electron chi connectivity index (χ3n) is 3.84. The van der Waals surface area contributed by atoms with Crippen molar-refractivity contribution in [3.63, 3.8) is 0 Å². The molecule has 0 fully saturated rings. The van der Waals surface area contributed by atoms with Gasteiger partial charge in [-0.1, -0.05) is 22.9 Å². The minimum atomic E-state index is -0.528. The summed E-state index contributed by atoms with van der Waals surface area (Å²) in [5.74, 6) is 0.707. The molecule has 1 amide bonds. The average molecular weight is 434 g/mol. The summed E-state index contributed by atoms with van der Waals surface area (Å²) in [4.78, 5) is 12.6. The summed E-state index contributed by atoms with van der Waals surface area (Å²) in [5.41, 5.74) is 0.551. The molecule has 0 bridgehead atoms. The predicted octanol–water partition coefficient (Wildman–Crippen LogP) is 3.67. The van der Waals surface area contributed by atoms with Gasteiger partial charge in [0.2, 0.25) is 10.1 Å². The first-order valence-corrected chi connectivity index (χ1v) is 9.47. The first kappa shape index (κ1) is 19.1. The lowest BCUT2D eigenvalue weighted by molar-refractivity contribution is -0.118. The van der Waals surface area contributed by atoms with Crippen molar-refractivity contribution < 1.29 is 18.7 Å². The van der Waals surface area contributed by atoms with Crippen LogP contribution in [-0.4, -0.2) is 39.4 Å². The number of nitrogens with one attached hydrogen (secondary N) is 1. The molecule has 2 heterocycles. The van der Waals surface area contributed by atoms with Crippen molar-refractivity contribution in [1.82, 2.24) is 19.8 Å². The Morgan fingerprint density at radius 1 is 1.21 bits per heavy atom. The quantitative estimate of drug-likeness (QED) is 0.499. The van der Waals surface area contributed by atoms with Crippen LogP contribution < -0.4 is 14.8 Å². The first-order valence-electron chi connectivity index (χ1n) is 8.28. The number of halogens is 2. The number of carbonyl (C=O) groups is 1. The molecule has 0 radical (unpaired) electrons. The molecule has 0 saturated heterocycles. The number of fused-ring (bicyclic) bond motifs is 1. The Kier molecular flexibility index (Phi) is 5.28. The number of aromatic nitrogens is 4. The molecule has 1 N–H and O–H groups in total. The smallest absolute Gasteiger partial charge is 0.264 e. The summed E-state index contributed by atoms with van der Waals surface area (Å²) in [7, 11) is 1.57. The highest BCUT2D eigenvalue weighted by Crippen LogP contribution is 2.27. The largest absolute Gasteiger partial charge is 0.497 e. The molecular weight excluding hydrogens is 421 g/mol. The summed E-state index contributed by atoms with van der Waals surface area (Å²) in [5, 5.41) is 15.3. The normalized spacial score (nSPS) is 10.9. The van der Waals surface area contributed by atoms with E-state index in [1.165, 1.54) is 22.7 Å². The standard InChI is InChI=1S/C18H13ClFN5O3S/c1-27-11-3-5-12(6-4-11)28-9-15(26)21-17-24-25-16(22-23-18(25)29-17)10-2-7-14(20)13(19)8-10/h2-8H,9H2,1H3,(H,21,24,26). The number of anilines is 1. The van der Waals surface area contributed by atoms with E-state index >= 15 is 0 Å². The zero-order valence-corrected chi connectivity index (χ0v) is 16.5. The average Bonchev–Trinajstić information content (AvgIpc) is 3.29. The minimum absolute atomic E-state index is 0.0290. The molecule has 0 unspecified atom stereocenters. The number of hydrogen-bond donors (Lipinski definition) is 1. The SMILES string of the molecule is COc1ccc(OCC(=O)Nc2nn3c(-c4ccc(F)c(Cl)c4)nnc3s2)cc1. The Morgan fingerprint density at radius 3 is 2.69 bits per heavy atom. The van der Waals surface area contributed by atoms with Crippen molar-refractivity contribution in [2.45, 2.75) is 0 Å². The Hall–Kier alpha value is -3.24. The molecule has 0 aliphatic carbocycles. The van der Waals surface area contributed by atoms with Gasteiger partial charge in [0.25, 0.3) is 5.91 Å². The van der Waals surface area contributed by atoms with Crippen LogP contribution in [-0.2, 0) is 4.79 Å². The minimum Gasteiger partial charge on any atom is -0.497 e. The van der Waals surface area contributed by atoms with E-state index in [9.17, 15) is 9.18 Å². The van der Waals surface area contributed by atoms with Gasteiger partial charge in [-0.15, -0.1) is 15.3 Å². The Labute approximate surface area is 172 Å². The second kappa shape index (κ2) is 8.02. The van der Waals surface area contributed by atoms with Crippen LogP contribution in [0.4, 0.5) is 9.52 Å². The van der Waals surface area contributed by atoms with Crippen molar-refractivity contribution in [1.29, 1.82) is 0 Å². The van der Waals surface area contributed by atoms with Gasteiger partial charge < -0.3 is 9.47 Å². The zero-order valence-electron chi connectivity index (χ0n) is 14.9. The number of carbonyl (C=O) groups excluding carboxylic acids is 1. The Bertz CT molecular complexity index is 1180. The fourth-order valence-corrected chi connectivity index (χ4v) is 3.40. The van der Waals surface area contributed by atoms with Crippen LogP contribution in [0.2, 0.25) is 5.02 Å². The van der Waals surface area contributed by atoms with Gasteiger partial charge in [-0.3, -0.25) is 10.1 Å². The first-order chi connectivity index (χ1) is 14.0. The van der Waals surface area contributed by atoms with Gasteiger partial charge in [0.1, 0.15) is 17.3 Å². The van der Waals surface area contributed by atoms with E-state index in [0.29, 0.717) is 33.0 Å². The second-order valence-electron chi connectivity index (χ2n) is 5.77. The fraction of sp³-hybridized carbons (Fsp3) is 0.111. The molecule has 4 aromatic rings. The molecule has 0 atom stereocenters. The van der Waals surface area contributed by atoms with E-state index in [-0.39, 0.29) is 17.5 Å². The molecule has 0 aliphatic heterocycles. The van der Waals surface area contributed by atoms with Crippen molar-refractivity contribution in [3.8, 4) is 22.9 Å². The monoisotopic (exact) mass is 433 g/mol. The van der Waals surface area contributed by atoms with Crippen LogP contribution in [0.1, 0.15) is 0 Å². The van der Waals surface area contributed by atoms with E-state index in [1.54, 1.807) is 31.4 Å². The molecule has 4 rings (SSSR count). The van der Waals surface area contributed by atoms with Gasteiger partial charge in [-0.25, -0.2) is 4.39 Å². The van der Waals surface area contributed by atoms with E-state index in [1.807, 2.05) is 0 Å². The summed E-state index contributed by atoms with van der Waals surface area (Å²) in [6, 6.07) is 11.1. The van der Waals surface area contributed by atoms with Gasteiger partial charge >= 0.3 is 0 Å². The highest BCUT2D eigenvalue weighted by molar-refractivity contribution is 7.20. The predicted molar refractivity (Wildman–Crippen MR) is 106 cm³/mol. The molecule has 2 aromatic carbocycles. The lowest BCUT2D eigenvalue weighted by Crippen LogP contribution is -2.20. The van der Waals surface area contributed by atoms with Crippen LogP contribution in [0.5, 0.6) is 11.5 Å². The van der Waals surface area contributed by atoms with Gasteiger partial charge in [0.05, 0.1) is 12.1 Å². The Balaban J connectivity index is 1.45. The van der Waals surface area contributed by atoms with Gasteiger partial charge in [0, 0.05) is 5.56 Å². The summed E-state index contributed by atoms with van der Waals surface area (Å²) < 4.78 is 25.3. The fourth-order valence-electron chi connectivity index (χ4n) is 2.46. The maximum atomic E-state index is 13.4. The van der Waals surface area contributed by atoms with Gasteiger partial charge in [-0.2, -0.15) is 4.52 Å². The van der Waals surface area contributed by atoms with E-state index < -0.39 is 5.82 Å². The molecule has 2 aromatic heterocycles. The number of hydrogen-bond acceptors (Lipinski definition) is 7. The number of nitrogens with zero attached hydrogens (tertiary/aromatic N) is 4. The summed E-state index contributed by atoms with van der Waals surface area (Å²) in [6.45, 7) is -0.188. The van der Waals surface area contributed by atoms with Crippen LogP contribution in [0.25, 0.3) is 16.3 Å². The maximum absolute atomic E-state index is 13.4. The van der Waals surface area contributed by atoms with Crippen molar-refractivity contribution in [2.75, 3.05) is 19.0 Å². The summed E-state index contributed by atoms with van der Waals surface area (Å²) in [6.07, 6.45) is 0. The number of benzene rings is 2. The number of rotatable bonds is 6. The van der Waals surface area contributed by atoms with Crippen molar-refractivity contribution in [2.24, 2.45) is 0 Å². The van der Waals surface area contributed by atoms with E-state index in [4.69, 9.17) is 21.1 Å². The second-order valence-corrected chi connectivity index (χ2v) is 7.13. The Morgan fingerprint density at radius 2 is 1.97 bits per heavy atom. The molecule has 0 spiro atoms. The highest BCUT2D eigenvalue weighted by Gasteiger charge is 2.16. The number of amides is 1. The van der Waals surface area contributed by atoms with Crippen LogP contribution in [0.3, 0.4) is 0 Å². The number of methoxy groups -OCH3 is 1. The maximum Gasteiger partial charge on any atom is 0.264 e. The molecule has 29 heavy (non-hydrogen) atoms. The summed E-state index contributed by atoms with van der Waals surface area (Å²) >= 11 is 6.97. The number of ether oxygens (including phenoxy) is 2. The van der Waals surface area contributed by atoms with Gasteiger partial charge in [0.15, 0.2) is 12.4 Å². The molecule has 0 aliphatic rings. The lowest BCUT2D eigenvalue weighted by Gasteiger charge is -2.06. The lowest BCUT2D eigenvalue weighted by atomic mass is 10.2. The van der Waals surface area contributed by atoms with E-state index in [0.717, 1.165) is 11.3 Å². The van der Waals surface area contributed by atoms with Crippen molar-refractivity contribution in [3.05, 3.63) is 53.3 Å².